The maximum atomic E-state index is 11.3. The highest BCUT2D eigenvalue weighted by atomic mass is 16.5. The molecule has 0 spiro atoms. The third kappa shape index (κ3) is 8.59. The molecule has 2 rings (SSSR count). The van der Waals surface area contributed by atoms with Gasteiger partial charge >= 0.3 is 5.97 Å². The number of aliphatic hydroxyl groups is 1. The summed E-state index contributed by atoms with van der Waals surface area (Å²) in [4.78, 5) is 11.3. The van der Waals surface area contributed by atoms with Crippen molar-refractivity contribution in [2.45, 2.75) is 64.8 Å². The Kier molecular flexibility index (Phi) is 8.89. The van der Waals surface area contributed by atoms with E-state index in [9.17, 15) is 15.0 Å². The first-order valence-corrected chi connectivity index (χ1v) is 10.6. The third-order valence-electron chi connectivity index (χ3n) is 4.66. The van der Waals surface area contributed by atoms with Gasteiger partial charge in [-0.25, -0.2) is 4.79 Å². The second-order valence-electron chi connectivity index (χ2n) is 8.91. The van der Waals surface area contributed by atoms with Crippen molar-refractivity contribution in [1.29, 1.82) is 0 Å². The summed E-state index contributed by atoms with van der Waals surface area (Å²) in [7, 11) is 0. The van der Waals surface area contributed by atoms with Crippen LogP contribution in [0.3, 0.4) is 0 Å². The number of benzene rings is 2. The molecule has 0 bridgehead atoms. The normalized spacial score (nSPS) is 13.6. The van der Waals surface area contributed by atoms with Crippen LogP contribution in [0, 0.1) is 0 Å². The van der Waals surface area contributed by atoms with Crippen molar-refractivity contribution in [1.82, 2.24) is 0 Å². The van der Waals surface area contributed by atoms with Crippen LogP contribution in [0.4, 0.5) is 0 Å². The van der Waals surface area contributed by atoms with Crippen LogP contribution in [0.25, 0.3) is 0 Å². The van der Waals surface area contributed by atoms with Gasteiger partial charge in [0.05, 0.1) is 6.10 Å². The van der Waals surface area contributed by atoms with Gasteiger partial charge in [0.15, 0.2) is 6.10 Å². The minimum atomic E-state index is -0.981. The van der Waals surface area contributed by atoms with Gasteiger partial charge < -0.3 is 24.4 Å². The van der Waals surface area contributed by atoms with Gasteiger partial charge in [0, 0.05) is 6.42 Å². The second kappa shape index (κ2) is 11.2. The monoisotopic (exact) mass is 430 g/mol. The Morgan fingerprint density at radius 2 is 1.39 bits per heavy atom. The average Bonchev–Trinajstić information content (AvgIpc) is 2.70. The van der Waals surface area contributed by atoms with Gasteiger partial charge in [-0.15, -0.1) is 0 Å². The summed E-state index contributed by atoms with van der Waals surface area (Å²) < 4.78 is 16.7. The molecule has 2 atom stereocenters. The molecule has 0 aliphatic heterocycles. The summed E-state index contributed by atoms with van der Waals surface area (Å²) in [6.07, 6.45) is -1.55. The van der Waals surface area contributed by atoms with E-state index in [-0.39, 0.29) is 31.2 Å². The molecule has 0 saturated heterocycles. The van der Waals surface area contributed by atoms with E-state index in [1.165, 1.54) is 5.56 Å². The predicted octanol–water partition coefficient (Wildman–Crippen LogP) is 4.22. The SMILES string of the molecule is CC(C)OC(Cc1ccc(OCC(O)COc2ccc(C(C)(C)C)cc2)cc1)C(=O)O. The van der Waals surface area contributed by atoms with Crippen LogP contribution >= 0.6 is 0 Å². The van der Waals surface area contributed by atoms with Gasteiger partial charge in [-0.2, -0.15) is 0 Å². The van der Waals surface area contributed by atoms with Crippen molar-refractivity contribution in [3.8, 4) is 11.5 Å². The Balaban J connectivity index is 1.79. The third-order valence-corrected chi connectivity index (χ3v) is 4.66. The van der Waals surface area contributed by atoms with Gasteiger partial charge in [0.25, 0.3) is 0 Å². The van der Waals surface area contributed by atoms with Crippen LogP contribution in [-0.4, -0.2) is 47.7 Å². The van der Waals surface area contributed by atoms with E-state index in [0.717, 1.165) is 5.56 Å². The summed E-state index contributed by atoms with van der Waals surface area (Å²) in [5.74, 6) is 0.312. The van der Waals surface area contributed by atoms with Crippen molar-refractivity contribution in [2.75, 3.05) is 13.2 Å². The zero-order valence-electron chi connectivity index (χ0n) is 19.0. The lowest BCUT2D eigenvalue weighted by molar-refractivity contribution is -0.153. The summed E-state index contributed by atoms with van der Waals surface area (Å²) in [5.41, 5.74) is 2.14. The Morgan fingerprint density at radius 3 is 1.81 bits per heavy atom. The van der Waals surface area contributed by atoms with Crippen LogP contribution in [0.2, 0.25) is 0 Å². The number of aliphatic hydroxyl groups excluding tert-OH is 1. The van der Waals surface area contributed by atoms with E-state index in [1.54, 1.807) is 24.3 Å². The number of carboxylic acids is 1. The van der Waals surface area contributed by atoms with Crippen molar-refractivity contribution >= 4 is 5.97 Å². The zero-order valence-corrected chi connectivity index (χ0v) is 19.0. The number of aliphatic carboxylic acids is 1. The van der Waals surface area contributed by atoms with Gasteiger partial charge in [-0.1, -0.05) is 45.0 Å². The molecule has 0 amide bonds. The molecule has 0 aliphatic rings. The van der Waals surface area contributed by atoms with Crippen LogP contribution in [-0.2, 0) is 21.4 Å². The first-order chi connectivity index (χ1) is 14.5. The smallest absolute Gasteiger partial charge is 0.333 e. The highest BCUT2D eigenvalue weighted by Gasteiger charge is 2.20. The molecule has 0 aromatic heterocycles. The molecule has 0 fully saturated rings. The minimum absolute atomic E-state index is 0.0808. The fraction of sp³-hybridized carbons (Fsp3) is 0.480. The molecule has 0 heterocycles. The van der Waals surface area contributed by atoms with E-state index in [4.69, 9.17) is 14.2 Å². The van der Waals surface area contributed by atoms with E-state index >= 15 is 0 Å². The second-order valence-corrected chi connectivity index (χ2v) is 8.91. The molecule has 2 aromatic carbocycles. The van der Waals surface area contributed by atoms with Crippen LogP contribution in [0.15, 0.2) is 48.5 Å². The highest BCUT2D eigenvalue weighted by molar-refractivity contribution is 5.72. The molecule has 170 valence electrons. The summed E-state index contributed by atoms with van der Waals surface area (Å²) >= 11 is 0. The van der Waals surface area contributed by atoms with E-state index in [1.807, 2.05) is 38.1 Å². The molecule has 0 radical (unpaired) electrons. The summed E-state index contributed by atoms with van der Waals surface area (Å²) in [5, 5.41) is 19.4. The van der Waals surface area contributed by atoms with Crippen LogP contribution in [0.5, 0.6) is 11.5 Å². The molecule has 2 unspecified atom stereocenters. The number of rotatable bonds is 11. The van der Waals surface area contributed by atoms with Crippen molar-refractivity contribution < 1.29 is 29.2 Å². The van der Waals surface area contributed by atoms with Gasteiger partial charge in [-0.05, 0) is 54.7 Å². The first-order valence-electron chi connectivity index (χ1n) is 10.6. The Hall–Kier alpha value is -2.57. The molecule has 31 heavy (non-hydrogen) atoms. The van der Waals surface area contributed by atoms with Crippen LogP contribution in [0.1, 0.15) is 45.7 Å². The summed E-state index contributed by atoms with van der Waals surface area (Å²) in [6.45, 7) is 10.3. The first kappa shape index (κ1) is 24.7. The van der Waals surface area contributed by atoms with Gasteiger partial charge in [0.1, 0.15) is 30.8 Å². The number of hydrogen-bond acceptors (Lipinski definition) is 5. The maximum absolute atomic E-state index is 11.3. The molecule has 6 nitrogen and oxygen atoms in total. The van der Waals surface area contributed by atoms with Crippen molar-refractivity contribution in [2.24, 2.45) is 0 Å². The molecule has 2 aromatic rings. The number of ether oxygens (including phenoxy) is 3. The fourth-order valence-electron chi connectivity index (χ4n) is 2.94. The quantitative estimate of drug-likeness (QED) is 0.555. The van der Waals surface area contributed by atoms with Crippen molar-refractivity contribution in [3.63, 3.8) is 0 Å². The van der Waals surface area contributed by atoms with Crippen LogP contribution < -0.4 is 9.47 Å². The average molecular weight is 431 g/mol. The Bertz CT molecular complexity index is 805. The lowest BCUT2D eigenvalue weighted by Gasteiger charge is -2.19. The molecular formula is C25H34O6. The standard InChI is InChI=1S/C25H34O6/c1-17(2)31-23(24(27)28)14-18-6-10-21(11-7-18)29-15-20(26)16-30-22-12-8-19(9-13-22)25(3,4)5/h6-13,17,20,23,26H,14-16H2,1-5H3,(H,27,28). The largest absolute Gasteiger partial charge is 0.491 e. The lowest BCUT2D eigenvalue weighted by atomic mass is 9.87. The minimum Gasteiger partial charge on any atom is -0.491 e. The summed E-state index contributed by atoms with van der Waals surface area (Å²) in [6, 6.07) is 15.0. The topological polar surface area (TPSA) is 85.2 Å². The fourth-order valence-corrected chi connectivity index (χ4v) is 2.94. The number of carboxylic acid groups (broad SMARTS) is 1. The van der Waals surface area contributed by atoms with Gasteiger partial charge in [-0.3, -0.25) is 0 Å². The molecule has 6 heteroatoms. The molecule has 0 saturated carbocycles. The highest BCUT2D eigenvalue weighted by Crippen LogP contribution is 2.24. The Morgan fingerprint density at radius 1 is 0.903 bits per heavy atom. The number of hydrogen-bond donors (Lipinski definition) is 2. The molecule has 2 N–H and O–H groups in total. The van der Waals surface area contributed by atoms with E-state index < -0.39 is 18.2 Å². The maximum Gasteiger partial charge on any atom is 0.333 e. The predicted molar refractivity (Wildman–Crippen MR) is 120 cm³/mol. The van der Waals surface area contributed by atoms with E-state index in [2.05, 4.69) is 20.8 Å². The Labute approximate surface area is 184 Å². The zero-order chi connectivity index (χ0) is 23.0. The molecule has 0 aliphatic carbocycles. The van der Waals surface area contributed by atoms with Crippen molar-refractivity contribution in [3.05, 3.63) is 59.7 Å². The number of carbonyl (C=O) groups is 1. The lowest BCUT2D eigenvalue weighted by Crippen LogP contribution is -2.29. The van der Waals surface area contributed by atoms with E-state index in [0.29, 0.717) is 11.5 Å². The molecular weight excluding hydrogens is 396 g/mol. The van der Waals surface area contributed by atoms with Gasteiger partial charge in [0.2, 0.25) is 0 Å².